The monoisotopic (exact) mass is 355 g/mol. The minimum atomic E-state index is -4.82. The number of hydrogen-bond donors (Lipinski definition) is 2. The number of carboxylic acid groups (broad SMARTS) is 1. The average Bonchev–Trinajstić information content (AvgIpc) is 2.44. The highest BCUT2D eigenvalue weighted by molar-refractivity contribution is 7.89. The van der Waals surface area contributed by atoms with E-state index in [1.165, 1.54) is 0 Å². The molecule has 0 aliphatic carbocycles. The molecule has 0 amide bonds. The summed E-state index contributed by atoms with van der Waals surface area (Å²) in [7, 11) is -3.60. The maximum Gasteiger partial charge on any atom is 0.416 e. The lowest BCUT2D eigenvalue weighted by Gasteiger charge is -2.13. The zero-order valence-electron chi connectivity index (χ0n) is 11.7. The minimum absolute atomic E-state index is 0.287. The van der Waals surface area contributed by atoms with Gasteiger partial charge in [-0.1, -0.05) is 0 Å². The molecule has 0 spiro atoms. The summed E-state index contributed by atoms with van der Waals surface area (Å²) < 4.78 is 68.4. The Hall–Kier alpha value is -2.14. The van der Waals surface area contributed by atoms with Crippen LogP contribution in [0.3, 0.4) is 0 Å². The first-order valence-corrected chi connectivity index (χ1v) is 7.48. The lowest BCUT2D eigenvalue weighted by molar-refractivity contribution is -0.138. The summed E-state index contributed by atoms with van der Waals surface area (Å²) in [5.74, 6) is -2.44. The number of ether oxygens (including phenoxy) is 1. The fraction of sp³-hybridized carbons (Fsp3) is 0.333. The van der Waals surface area contributed by atoms with E-state index in [0.717, 1.165) is 7.11 Å². The average molecular weight is 355 g/mol. The molecule has 2 N–H and O–H groups in total. The SMILES string of the molecule is COC(=O)c1ccc(C(F)(F)F)cc1S(=O)(=O)NCCC(=O)O. The molecule has 0 saturated heterocycles. The van der Waals surface area contributed by atoms with Crippen molar-refractivity contribution in [1.82, 2.24) is 4.72 Å². The van der Waals surface area contributed by atoms with E-state index in [4.69, 9.17) is 5.11 Å². The first-order chi connectivity index (χ1) is 10.5. The summed E-state index contributed by atoms with van der Waals surface area (Å²) >= 11 is 0. The van der Waals surface area contributed by atoms with Crippen LogP contribution in [-0.4, -0.2) is 39.1 Å². The van der Waals surface area contributed by atoms with Crippen LogP contribution in [0.1, 0.15) is 22.3 Å². The largest absolute Gasteiger partial charge is 0.481 e. The van der Waals surface area contributed by atoms with E-state index in [9.17, 15) is 31.2 Å². The van der Waals surface area contributed by atoms with Gasteiger partial charge in [0.05, 0.1) is 29.6 Å². The molecule has 1 rings (SSSR count). The van der Waals surface area contributed by atoms with Crippen LogP contribution >= 0.6 is 0 Å². The Morgan fingerprint density at radius 3 is 2.39 bits per heavy atom. The van der Waals surface area contributed by atoms with Crippen molar-refractivity contribution in [3.8, 4) is 0 Å². The number of carbonyl (C=O) groups is 2. The molecule has 0 unspecified atom stereocenters. The Kier molecular flexibility index (Phi) is 5.72. The molecule has 7 nitrogen and oxygen atoms in total. The van der Waals surface area contributed by atoms with Crippen molar-refractivity contribution in [3.05, 3.63) is 29.3 Å². The van der Waals surface area contributed by atoms with E-state index >= 15 is 0 Å². The van der Waals surface area contributed by atoms with Crippen LogP contribution in [0.4, 0.5) is 13.2 Å². The number of esters is 1. The normalized spacial score (nSPS) is 12.0. The fourth-order valence-corrected chi connectivity index (χ4v) is 2.82. The summed E-state index contributed by atoms with van der Waals surface area (Å²) in [6.07, 6.45) is -5.40. The van der Waals surface area contributed by atoms with Gasteiger partial charge >= 0.3 is 18.1 Å². The Morgan fingerprint density at radius 1 is 1.30 bits per heavy atom. The van der Waals surface area contributed by atoms with E-state index < -0.39 is 57.1 Å². The second kappa shape index (κ2) is 6.96. The number of aliphatic carboxylic acids is 1. The van der Waals surface area contributed by atoms with Gasteiger partial charge in [0.25, 0.3) is 0 Å². The van der Waals surface area contributed by atoms with Crippen LogP contribution in [-0.2, 0) is 25.7 Å². The maximum absolute atomic E-state index is 12.7. The second-order valence-electron chi connectivity index (χ2n) is 4.24. The third-order valence-electron chi connectivity index (χ3n) is 2.63. The number of nitrogens with one attached hydrogen (secondary N) is 1. The lowest BCUT2D eigenvalue weighted by Crippen LogP contribution is -2.28. The summed E-state index contributed by atoms with van der Waals surface area (Å²) in [5.41, 5.74) is -1.87. The van der Waals surface area contributed by atoms with Gasteiger partial charge in [0.15, 0.2) is 0 Å². The number of rotatable bonds is 6. The van der Waals surface area contributed by atoms with Gasteiger partial charge in [0.1, 0.15) is 0 Å². The topological polar surface area (TPSA) is 110 Å². The van der Waals surface area contributed by atoms with Gasteiger partial charge in [0.2, 0.25) is 10.0 Å². The molecule has 0 heterocycles. The van der Waals surface area contributed by atoms with Gasteiger partial charge in [-0.3, -0.25) is 4.79 Å². The van der Waals surface area contributed by atoms with Crippen molar-refractivity contribution in [1.29, 1.82) is 0 Å². The zero-order valence-corrected chi connectivity index (χ0v) is 12.5. The van der Waals surface area contributed by atoms with Crippen LogP contribution in [0.25, 0.3) is 0 Å². The van der Waals surface area contributed by atoms with Gasteiger partial charge in [-0.15, -0.1) is 0 Å². The van der Waals surface area contributed by atoms with E-state index in [-0.39, 0.29) is 6.07 Å². The molecule has 128 valence electrons. The molecule has 11 heteroatoms. The zero-order chi connectivity index (χ0) is 17.8. The molecular weight excluding hydrogens is 343 g/mol. The molecule has 1 aromatic carbocycles. The Bertz CT molecular complexity index is 714. The highest BCUT2D eigenvalue weighted by atomic mass is 32.2. The van der Waals surface area contributed by atoms with Crippen LogP contribution in [0.15, 0.2) is 23.1 Å². The number of hydrogen-bond acceptors (Lipinski definition) is 5. The standard InChI is InChI=1S/C12H12F3NO6S/c1-22-11(19)8-3-2-7(12(13,14)15)6-9(8)23(20,21)16-5-4-10(17)18/h2-3,6,16H,4-5H2,1H3,(H,17,18). The van der Waals surface area contributed by atoms with Crippen molar-refractivity contribution < 1.29 is 41.0 Å². The number of carbonyl (C=O) groups excluding carboxylic acids is 1. The van der Waals surface area contributed by atoms with E-state index in [1.54, 1.807) is 0 Å². The van der Waals surface area contributed by atoms with Crippen LogP contribution < -0.4 is 4.72 Å². The summed E-state index contributed by atoms with van der Waals surface area (Å²) in [6, 6.07) is 1.51. The number of methoxy groups -OCH3 is 1. The quantitative estimate of drug-likeness (QED) is 0.743. The van der Waals surface area contributed by atoms with Crippen molar-refractivity contribution in [2.75, 3.05) is 13.7 Å². The predicted octanol–water partition coefficient (Wildman–Crippen LogP) is 1.24. The van der Waals surface area contributed by atoms with E-state index in [1.807, 2.05) is 4.72 Å². The highest BCUT2D eigenvalue weighted by Crippen LogP contribution is 2.32. The van der Waals surface area contributed by atoms with Crippen molar-refractivity contribution in [3.63, 3.8) is 0 Å². The lowest BCUT2D eigenvalue weighted by atomic mass is 10.1. The highest BCUT2D eigenvalue weighted by Gasteiger charge is 2.34. The third-order valence-corrected chi connectivity index (χ3v) is 4.14. The molecule has 0 radical (unpaired) electrons. The van der Waals surface area contributed by atoms with Crippen LogP contribution in [0.5, 0.6) is 0 Å². The first kappa shape index (κ1) is 18.9. The summed E-state index contributed by atoms with van der Waals surface area (Å²) in [4.78, 5) is 21.0. The van der Waals surface area contributed by atoms with Gasteiger partial charge in [0, 0.05) is 6.54 Å². The van der Waals surface area contributed by atoms with Crippen LogP contribution in [0, 0.1) is 0 Å². The van der Waals surface area contributed by atoms with E-state index in [0.29, 0.717) is 12.1 Å². The van der Waals surface area contributed by atoms with Crippen molar-refractivity contribution >= 4 is 22.0 Å². The number of alkyl halides is 3. The molecule has 0 aliphatic heterocycles. The first-order valence-electron chi connectivity index (χ1n) is 6.00. The molecule has 0 bridgehead atoms. The fourth-order valence-electron chi connectivity index (χ4n) is 1.57. The van der Waals surface area contributed by atoms with Crippen LogP contribution in [0.2, 0.25) is 0 Å². The molecule has 0 aromatic heterocycles. The van der Waals surface area contributed by atoms with Crippen molar-refractivity contribution in [2.45, 2.75) is 17.5 Å². The molecule has 0 fully saturated rings. The minimum Gasteiger partial charge on any atom is -0.481 e. The second-order valence-corrected chi connectivity index (χ2v) is 5.98. The maximum atomic E-state index is 12.7. The van der Waals surface area contributed by atoms with Crippen molar-refractivity contribution in [2.24, 2.45) is 0 Å². The smallest absolute Gasteiger partial charge is 0.416 e. The number of halogens is 3. The summed E-state index contributed by atoms with van der Waals surface area (Å²) in [5, 5.41) is 8.45. The van der Waals surface area contributed by atoms with Gasteiger partial charge in [-0.2, -0.15) is 13.2 Å². The molecule has 1 aromatic rings. The molecule has 0 atom stereocenters. The molecule has 0 saturated carbocycles. The summed E-state index contributed by atoms with van der Waals surface area (Å²) in [6.45, 7) is -0.547. The Labute approximate surface area is 129 Å². The number of benzene rings is 1. The number of carboxylic acids is 1. The van der Waals surface area contributed by atoms with Gasteiger partial charge in [-0.05, 0) is 18.2 Å². The Balaban J connectivity index is 3.33. The predicted molar refractivity (Wildman–Crippen MR) is 70.2 cm³/mol. The molecular formula is C12H12F3NO6S. The van der Waals surface area contributed by atoms with E-state index in [2.05, 4.69) is 4.74 Å². The van der Waals surface area contributed by atoms with Gasteiger partial charge in [-0.25, -0.2) is 17.9 Å². The Morgan fingerprint density at radius 2 is 1.91 bits per heavy atom. The van der Waals surface area contributed by atoms with Gasteiger partial charge < -0.3 is 9.84 Å². The molecule has 0 aliphatic rings. The third kappa shape index (κ3) is 4.93. The number of sulfonamides is 1. The molecule has 23 heavy (non-hydrogen) atoms.